The molecule has 0 fully saturated rings. The zero-order valence-corrected chi connectivity index (χ0v) is 13.4. The molecule has 0 aliphatic carbocycles. The minimum absolute atomic E-state index is 0. The van der Waals surface area contributed by atoms with Crippen LogP contribution < -0.4 is 0 Å². The van der Waals surface area contributed by atoms with Crippen LogP contribution in [0.1, 0.15) is 5.71 Å². The minimum Gasteiger partial charge on any atom is -1.00 e. The number of rotatable bonds is 0. The maximum absolute atomic E-state index is 0. The third-order valence-electron chi connectivity index (χ3n) is 0. The van der Waals surface area contributed by atoms with E-state index in [1.54, 1.807) is 0 Å². The van der Waals surface area contributed by atoms with Gasteiger partial charge in [-0.15, -0.1) is 0 Å². The van der Waals surface area contributed by atoms with Crippen molar-refractivity contribution in [2.75, 3.05) is 0 Å². The van der Waals surface area contributed by atoms with Gasteiger partial charge in [0.2, 0.25) is 0 Å². The summed E-state index contributed by atoms with van der Waals surface area (Å²) in [5.74, 6) is 0. The zero-order valence-electron chi connectivity index (χ0n) is 6.31. The van der Waals surface area contributed by atoms with Crippen molar-refractivity contribution in [1.82, 2.24) is 0 Å². The third kappa shape index (κ3) is 9.52. The van der Waals surface area contributed by atoms with E-state index in [-0.39, 0.29) is 134 Å². The fourth-order valence-electron chi connectivity index (χ4n) is 0. The van der Waals surface area contributed by atoms with Crippen LogP contribution in [0.2, 0.25) is 0 Å². The second-order valence-corrected chi connectivity index (χ2v) is 0. The quantitative estimate of drug-likeness (QED) is 0.485. The van der Waals surface area contributed by atoms with Gasteiger partial charge in [0.25, 0.3) is 0 Å². The van der Waals surface area contributed by atoms with Gasteiger partial charge >= 0.3 is 83.2 Å². The predicted octanol–water partition coefficient (Wildman–Crippen LogP) is -0.317. The molecular formula is H4CaNbSrTa. The standard InChI is InChI=1S/Ca.Nb.Sr.Ta.4H/q+2;;+2;;4*-1. The summed E-state index contributed by atoms with van der Waals surface area (Å²) in [6, 6.07) is 0. The van der Waals surface area contributed by atoms with Crippen LogP contribution in [0.3, 0.4) is 0 Å². The summed E-state index contributed by atoms with van der Waals surface area (Å²) in [4.78, 5) is 0. The molecule has 0 saturated carbocycles. The second kappa shape index (κ2) is 15.7. The first-order valence-electron chi connectivity index (χ1n) is 0. The van der Waals surface area contributed by atoms with Gasteiger partial charge in [0.15, 0.2) is 0 Å². The summed E-state index contributed by atoms with van der Waals surface area (Å²) in [6.07, 6.45) is 0. The minimum atomic E-state index is 0. The topological polar surface area (TPSA) is 0 Å². The predicted molar refractivity (Wildman–Crippen MR) is 16.0 cm³/mol. The van der Waals surface area contributed by atoms with Gasteiger partial charge in [-0.05, 0) is 0 Å². The second-order valence-electron chi connectivity index (χ2n) is 0. The molecule has 18 valence electrons. The van der Waals surface area contributed by atoms with Crippen LogP contribution in [0.5, 0.6) is 0 Å². The molecule has 0 unspecified atom stereocenters. The van der Waals surface area contributed by atoms with Crippen molar-refractivity contribution in [3.8, 4) is 0 Å². The van der Waals surface area contributed by atoms with Crippen molar-refractivity contribution in [2.24, 2.45) is 0 Å². The molecule has 0 aliphatic rings. The average molecular weight is 406 g/mol. The Kier molecular flexibility index (Phi) is 94.3. The van der Waals surface area contributed by atoms with Crippen molar-refractivity contribution >= 4 is 83.2 Å². The Bertz CT molecular complexity index is 16.0. The fraction of sp³-hybridized carbons (Fsp3) is 0. The molecule has 0 bridgehead atoms. The fourth-order valence-corrected chi connectivity index (χ4v) is 0. The van der Waals surface area contributed by atoms with Gasteiger partial charge in [-0.1, -0.05) is 0 Å². The zero-order chi connectivity index (χ0) is 0. The third-order valence-corrected chi connectivity index (χ3v) is 0. The Hall–Kier alpha value is 4.22. The molecular weight excluding hydrogens is 402 g/mol. The summed E-state index contributed by atoms with van der Waals surface area (Å²) >= 11 is 0. The molecule has 0 amide bonds. The van der Waals surface area contributed by atoms with Crippen molar-refractivity contribution in [3.05, 3.63) is 0 Å². The Morgan fingerprint density at radius 1 is 1.25 bits per heavy atom. The van der Waals surface area contributed by atoms with E-state index in [2.05, 4.69) is 0 Å². The Labute approximate surface area is 130 Å². The molecule has 4 heteroatoms. The smallest absolute Gasteiger partial charge is 1.00 e. The molecule has 0 aromatic carbocycles. The molecule has 0 aliphatic heterocycles. The molecule has 0 spiro atoms. The van der Waals surface area contributed by atoms with Crippen LogP contribution in [0, 0.1) is 0 Å². The molecule has 0 aromatic heterocycles. The maximum Gasteiger partial charge on any atom is 2.00 e. The monoisotopic (exact) mass is 406 g/mol. The van der Waals surface area contributed by atoms with E-state index >= 15 is 0 Å². The molecule has 0 heterocycles. The first-order valence-corrected chi connectivity index (χ1v) is 0. The van der Waals surface area contributed by atoms with E-state index in [1.807, 2.05) is 0 Å². The van der Waals surface area contributed by atoms with Gasteiger partial charge in [-0.2, -0.15) is 0 Å². The molecule has 2 radical (unpaired) electrons. The first-order chi connectivity index (χ1) is 0. The molecule has 0 N–H and O–H groups in total. The Morgan fingerprint density at radius 3 is 1.25 bits per heavy atom. The summed E-state index contributed by atoms with van der Waals surface area (Å²) in [7, 11) is 0. The molecule has 0 rings (SSSR count). The summed E-state index contributed by atoms with van der Waals surface area (Å²) in [5, 5.41) is 0. The van der Waals surface area contributed by atoms with Crippen molar-refractivity contribution < 1.29 is 50.5 Å². The van der Waals surface area contributed by atoms with E-state index in [9.17, 15) is 0 Å². The largest absolute Gasteiger partial charge is 2.00 e. The van der Waals surface area contributed by atoms with Crippen LogP contribution in [0.25, 0.3) is 0 Å². The van der Waals surface area contributed by atoms with Crippen LogP contribution in [0.15, 0.2) is 0 Å². The van der Waals surface area contributed by atoms with Crippen molar-refractivity contribution in [3.63, 3.8) is 0 Å². The molecule has 0 atom stereocenters. The normalized spacial score (nSPS) is 0. The maximum atomic E-state index is 0. The summed E-state index contributed by atoms with van der Waals surface area (Å²) < 4.78 is 0. The number of hydrogen-bond donors (Lipinski definition) is 0. The van der Waals surface area contributed by atoms with Crippen molar-refractivity contribution in [2.45, 2.75) is 0 Å². The summed E-state index contributed by atoms with van der Waals surface area (Å²) in [5.41, 5.74) is 0. The van der Waals surface area contributed by atoms with Gasteiger partial charge in [0.1, 0.15) is 0 Å². The van der Waals surface area contributed by atoms with Crippen molar-refractivity contribution in [1.29, 1.82) is 0 Å². The molecule has 0 saturated heterocycles. The van der Waals surface area contributed by atoms with Crippen LogP contribution in [0.4, 0.5) is 0 Å². The Morgan fingerprint density at radius 2 is 1.25 bits per heavy atom. The van der Waals surface area contributed by atoms with E-state index < -0.39 is 0 Å². The SMILES string of the molecule is [Ca+2].[H-].[H-].[H-].[H-].[Nb].[Sr+2].[Ta]. The summed E-state index contributed by atoms with van der Waals surface area (Å²) in [6.45, 7) is 0. The first kappa shape index (κ1) is 24.1. The van der Waals surface area contributed by atoms with Gasteiger partial charge in [-0.3, -0.25) is 0 Å². The number of hydrogen-bond acceptors (Lipinski definition) is 0. The van der Waals surface area contributed by atoms with E-state index in [4.69, 9.17) is 0 Å². The molecule has 0 aromatic rings. The van der Waals surface area contributed by atoms with Gasteiger partial charge < -0.3 is 5.71 Å². The average Bonchev–Trinajstić information content (AvgIpc) is 0. The van der Waals surface area contributed by atoms with E-state index in [0.29, 0.717) is 0 Å². The van der Waals surface area contributed by atoms with E-state index in [0.717, 1.165) is 0 Å². The van der Waals surface area contributed by atoms with Gasteiger partial charge in [0.05, 0.1) is 0 Å². The van der Waals surface area contributed by atoms with Crippen LogP contribution in [-0.2, 0) is 44.8 Å². The van der Waals surface area contributed by atoms with Crippen LogP contribution >= 0.6 is 0 Å². The van der Waals surface area contributed by atoms with Gasteiger partial charge in [-0.25, -0.2) is 0 Å². The van der Waals surface area contributed by atoms with Crippen LogP contribution in [-0.4, -0.2) is 83.2 Å². The van der Waals surface area contributed by atoms with Gasteiger partial charge in [0, 0.05) is 44.8 Å². The van der Waals surface area contributed by atoms with E-state index in [1.165, 1.54) is 0 Å². The molecule has 0 nitrogen and oxygen atoms in total. The molecule has 4 heavy (non-hydrogen) atoms. The Balaban J connectivity index is 0.